The first-order chi connectivity index (χ1) is 11.6. The van der Waals surface area contributed by atoms with Crippen molar-refractivity contribution in [3.63, 3.8) is 0 Å². The van der Waals surface area contributed by atoms with Gasteiger partial charge in [-0.15, -0.1) is 0 Å². The molecule has 1 aliphatic carbocycles. The van der Waals surface area contributed by atoms with E-state index in [4.69, 9.17) is 4.74 Å². The third-order valence-electron chi connectivity index (χ3n) is 4.43. The van der Waals surface area contributed by atoms with Crippen LogP contribution < -0.4 is 10.1 Å². The standard InChI is InChI=1S/C20H22BrNO2/c1-14(16-7-6-15-4-2-3-5-17(15)12-16)22-20(23)13-24-19-10-8-18(21)9-11-19/h6-12,14H,2-5,13H2,1H3,(H,22,23)/t14-/m1/s1. The van der Waals surface area contributed by atoms with Gasteiger partial charge in [-0.3, -0.25) is 4.79 Å². The van der Waals surface area contributed by atoms with E-state index in [-0.39, 0.29) is 18.6 Å². The Hall–Kier alpha value is -1.81. The van der Waals surface area contributed by atoms with Crippen LogP contribution in [-0.4, -0.2) is 12.5 Å². The molecule has 0 saturated carbocycles. The lowest BCUT2D eigenvalue weighted by Crippen LogP contribution is -2.31. The molecule has 3 rings (SSSR count). The number of hydrogen-bond donors (Lipinski definition) is 1. The minimum absolute atomic E-state index is 0.0155. The Morgan fingerprint density at radius 1 is 1.12 bits per heavy atom. The van der Waals surface area contributed by atoms with Crippen LogP contribution in [0.5, 0.6) is 5.75 Å². The van der Waals surface area contributed by atoms with E-state index in [0.717, 1.165) is 16.5 Å². The number of ether oxygens (including phenoxy) is 1. The van der Waals surface area contributed by atoms with Crippen LogP contribution in [0.4, 0.5) is 0 Å². The lowest BCUT2D eigenvalue weighted by atomic mass is 9.89. The average Bonchev–Trinajstić information content (AvgIpc) is 2.61. The number of benzene rings is 2. The molecular weight excluding hydrogens is 366 g/mol. The van der Waals surface area contributed by atoms with Crippen LogP contribution in [0.25, 0.3) is 0 Å². The number of halogens is 1. The Morgan fingerprint density at radius 3 is 2.58 bits per heavy atom. The number of hydrogen-bond acceptors (Lipinski definition) is 2. The molecule has 0 spiro atoms. The van der Waals surface area contributed by atoms with Crippen molar-refractivity contribution in [2.24, 2.45) is 0 Å². The summed E-state index contributed by atoms with van der Waals surface area (Å²) in [4.78, 5) is 12.1. The summed E-state index contributed by atoms with van der Waals surface area (Å²) >= 11 is 3.38. The van der Waals surface area contributed by atoms with Gasteiger partial charge in [0.05, 0.1) is 6.04 Å². The molecule has 1 aliphatic rings. The van der Waals surface area contributed by atoms with Crippen LogP contribution in [0.1, 0.15) is 42.5 Å². The highest BCUT2D eigenvalue weighted by atomic mass is 79.9. The van der Waals surface area contributed by atoms with E-state index in [0.29, 0.717) is 5.75 Å². The Balaban J connectivity index is 1.55. The summed E-state index contributed by atoms with van der Waals surface area (Å²) in [6.45, 7) is 2.04. The lowest BCUT2D eigenvalue weighted by Gasteiger charge is -2.20. The molecule has 1 N–H and O–H groups in total. The number of carbonyl (C=O) groups excluding carboxylic acids is 1. The molecule has 1 atom stereocenters. The molecule has 0 aromatic heterocycles. The minimum Gasteiger partial charge on any atom is -0.484 e. The second-order valence-corrected chi connectivity index (χ2v) is 7.18. The second-order valence-electron chi connectivity index (χ2n) is 6.27. The van der Waals surface area contributed by atoms with Crippen molar-refractivity contribution in [1.82, 2.24) is 5.32 Å². The number of rotatable bonds is 5. The molecule has 4 heteroatoms. The molecule has 24 heavy (non-hydrogen) atoms. The zero-order chi connectivity index (χ0) is 16.9. The molecule has 2 aromatic rings. The fourth-order valence-electron chi connectivity index (χ4n) is 3.07. The Bertz CT molecular complexity index is 712. The number of fused-ring (bicyclic) bond motifs is 1. The van der Waals surface area contributed by atoms with E-state index in [9.17, 15) is 4.79 Å². The van der Waals surface area contributed by atoms with Gasteiger partial charge in [0, 0.05) is 4.47 Å². The van der Waals surface area contributed by atoms with Gasteiger partial charge in [-0.25, -0.2) is 0 Å². The molecule has 0 aliphatic heterocycles. The maximum atomic E-state index is 12.1. The molecule has 2 aromatic carbocycles. The van der Waals surface area contributed by atoms with Gasteiger partial charge in [-0.2, -0.15) is 0 Å². The Kier molecular flexibility index (Phi) is 5.56. The predicted octanol–water partition coefficient (Wildman–Crippen LogP) is 4.58. The monoisotopic (exact) mass is 387 g/mol. The second kappa shape index (κ2) is 7.84. The van der Waals surface area contributed by atoms with Crippen LogP contribution >= 0.6 is 15.9 Å². The van der Waals surface area contributed by atoms with Crippen LogP contribution in [0.15, 0.2) is 46.9 Å². The van der Waals surface area contributed by atoms with Crippen molar-refractivity contribution in [2.45, 2.75) is 38.6 Å². The summed E-state index contributed by atoms with van der Waals surface area (Å²) in [5.74, 6) is 0.581. The first-order valence-corrected chi connectivity index (χ1v) is 9.20. The maximum Gasteiger partial charge on any atom is 0.258 e. The first kappa shape index (κ1) is 17.0. The quantitative estimate of drug-likeness (QED) is 0.814. The fraction of sp³-hybridized carbons (Fsp3) is 0.350. The largest absolute Gasteiger partial charge is 0.484 e. The van der Waals surface area contributed by atoms with Gasteiger partial charge in [0.1, 0.15) is 5.75 Å². The van der Waals surface area contributed by atoms with Crippen molar-refractivity contribution in [2.75, 3.05) is 6.61 Å². The van der Waals surface area contributed by atoms with E-state index in [2.05, 4.69) is 39.4 Å². The van der Waals surface area contributed by atoms with Gasteiger partial charge in [-0.05, 0) is 73.6 Å². The van der Waals surface area contributed by atoms with Crippen molar-refractivity contribution in [3.8, 4) is 5.75 Å². The van der Waals surface area contributed by atoms with Gasteiger partial charge < -0.3 is 10.1 Å². The highest BCUT2D eigenvalue weighted by molar-refractivity contribution is 9.10. The Labute approximate surface area is 151 Å². The van der Waals surface area contributed by atoms with Crippen molar-refractivity contribution >= 4 is 21.8 Å². The molecule has 0 saturated heterocycles. The topological polar surface area (TPSA) is 38.3 Å². The van der Waals surface area contributed by atoms with Crippen molar-refractivity contribution < 1.29 is 9.53 Å². The minimum atomic E-state index is -0.108. The molecule has 126 valence electrons. The van der Waals surface area contributed by atoms with E-state index < -0.39 is 0 Å². The molecular formula is C20H22BrNO2. The summed E-state index contributed by atoms with van der Waals surface area (Å²) in [5.41, 5.74) is 4.06. The summed E-state index contributed by atoms with van der Waals surface area (Å²) < 4.78 is 6.50. The average molecular weight is 388 g/mol. The van der Waals surface area contributed by atoms with Gasteiger partial charge in [-0.1, -0.05) is 34.1 Å². The predicted molar refractivity (Wildman–Crippen MR) is 99.3 cm³/mol. The zero-order valence-corrected chi connectivity index (χ0v) is 15.4. The van der Waals surface area contributed by atoms with E-state index in [1.807, 2.05) is 31.2 Å². The number of carbonyl (C=O) groups is 1. The van der Waals surface area contributed by atoms with E-state index in [1.165, 1.54) is 30.4 Å². The molecule has 0 heterocycles. The van der Waals surface area contributed by atoms with E-state index in [1.54, 1.807) is 0 Å². The molecule has 1 amide bonds. The molecule has 0 bridgehead atoms. The van der Waals surface area contributed by atoms with Crippen molar-refractivity contribution in [3.05, 3.63) is 63.6 Å². The lowest BCUT2D eigenvalue weighted by molar-refractivity contribution is -0.123. The smallest absolute Gasteiger partial charge is 0.258 e. The van der Waals surface area contributed by atoms with Crippen molar-refractivity contribution in [1.29, 1.82) is 0 Å². The van der Waals surface area contributed by atoms with Gasteiger partial charge in [0.2, 0.25) is 0 Å². The number of nitrogens with one attached hydrogen (secondary N) is 1. The summed E-state index contributed by atoms with van der Waals surface area (Å²) in [5, 5.41) is 3.01. The summed E-state index contributed by atoms with van der Waals surface area (Å²) in [6, 6.07) is 14.0. The number of amides is 1. The van der Waals surface area contributed by atoms with Gasteiger partial charge >= 0.3 is 0 Å². The third kappa shape index (κ3) is 4.38. The fourth-order valence-corrected chi connectivity index (χ4v) is 3.33. The van der Waals surface area contributed by atoms with Crippen LogP contribution in [0.3, 0.4) is 0 Å². The highest BCUT2D eigenvalue weighted by Gasteiger charge is 2.14. The van der Waals surface area contributed by atoms with Gasteiger partial charge in [0.15, 0.2) is 6.61 Å². The van der Waals surface area contributed by atoms with Crippen LogP contribution in [-0.2, 0) is 17.6 Å². The zero-order valence-electron chi connectivity index (χ0n) is 13.8. The third-order valence-corrected chi connectivity index (χ3v) is 4.96. The SMILES string of the molecule is C[C@@H](NC(=O)COc1ccc(Br)cc1)c1ccc2c(c1)CCCC2. The molecule has 0 fully saturated rings. The van der Waals surface area contributed by atoms with E-state index >= 15 is 0 Å². The number of aryl methyl sites for hydroxylation is 2. The normalized spacial score (nSPS) is 14.6. The summed E-state index contributed by atoms with van der Waals surface area (Å²) in [6.07, 6.45) is 4.87. The summed E-state index contributed by atoms with van der Waals surface area (Å²) in [7, 11) is 0. The van der Waals surface area contributed by atoms with Crippen LogP contribution in [0, 0.1) is 0 Å². The first-order valence-electron chi connectivity index (χ1n) is 8.41. The van der Waals surface area contributed by atoms with Gasteiger partial charge in [0.25, 0.3) is 5.91 Å². The highest BCUT2D eigenvalue weighted by Crippen LogP contribution is 2.24. The molecule has 0 radical (unpaired) electrons. The Morgan fingerprint density at radius 2 is 1.83 bits per heavy atom. The maximum absolute atomic E-state index is 12.1. The molecule has 0 unspecified atom stereocenters. The van der Waals surface area contributed by atoms with Crippen LogP contribution in [0.2, 0.25) is 0 Å². The molecule has 3 nitrogen and oxygen atoms in total.